The van der Waals surface area contributed by atoms with Crippen molar-refractivity contribution >= 4 is 27.9 Å². The van der Waals surface area contributed by atoms with Crippen LogP contribution in [0.3, 0.4) is 0 Å². The first-order valence-corrected chi connectivity index (χ1v) is 6.85. The smallest absolute Gasteiger partial charge is 0.151 e. The Morgan fingerprint density at radius 1 is 1.26 bits per heavy atom. The molecule has 98 valence electrons. The normalized spacial score (nSPS) is 10.2. The Morgan fingerprint density at radius 2 is 2.00 bits per heavy atom. The summed E-state index contributed by atoms with van der Waals surface area (Å²) in [4.78, 5) is 16.9. The highest BCUT2D eigenvalue weighted by Crippen LogP contribution is 2.22. The standard InChI is InChI=1S/C15H15BrN2O/c1-18(9-6-12-4-7-17-8-5-12)14-3-2-13(11-19)15(16)10-14/h2-5,7-8,10-11H,6,9H2,1H3. The first kappa shape index (κ1) is 13.7. The van der Waals surface area contributed by atoms with Gasteiger partial charge in [0.05, 0.1) is 0 Å². The van der Waals surface area contributed by atoms with Crippen LogP contribution in [0, 0.1) is 0 Å². The van der Waals surface area contributed by atoms with Gasteiger partial charge in [-0.05, 0) is 58.2 Å². The van der Waals surface area contributed by atoms with E-state index in [2.05, 4.69) is 25.8 Å². The molecule has 0 aliphatic carbocycles. The maximum Gasteiger partial charge on any atom is 0.151 e. The number of aldehydes is 1. The van der Waals surface area contributed by atoms with E-state index >= 15 is 0 Å². The van der Waals surface area contributed by atoms with E-state index < -0.39 is 0 Å². The summed E-state index contributed by atoms with van der Waals surface area (Å²) in [5.41, 5.74) is 3.03. The number of likely N-dealkylation sites (N-methyl/N-ethyl adjacent to an activating group) is 1. The van der Waals surface area contributed by atoms with Gasteiger partial charge in [-0.3, -0.25) is 9.78 Å². The number of benzene rings is 1. The first-order valence-electron chi connectivity index (χ1n) is 6.05. The minimum atomic E-state index is 0.672. The van der Waals surface area contributed by atoms with Crippen LogP contribution in [0.5, 0.6) is 0 Å². The Bertz CT molecular complexity index is 557. The molecule has 4 heteroatoms. The van der Waals surface area contributed by atoms with Crippen molar-refractivity contribution in [2.24, 2.45) is 0 Å². The third-order valence-electron chi connectivity index (χ3n) is 3.04. The van der Waals surface area contributed by atoms with Gasteiger partial charge in [0, 0.05) is 41.7 Å². The number of aromatic nitrogens is 1. The minimum absolute atomic E-state index is 0.672. The summed E-state index contributed by atoms with van der Waals surface area (Å²) >= 11 is 3.41. The Labute approximate surface area is 121 Å². The van der Waals surface area contributed by atoms with Crippen molar-refractivity contribution in [3.8, 4) is 0 Å². The van der Waals surface area contributed by atoms with Crippen molar-refractivity contribution < 1.29 is 4.79 Å². The minimum Gasteiger partial charge on any atom is -0.374 e. The zero-order chi connectivity index (χ0) is 13.7. The van der Waals surface area contributed by atoms with Crippen molar-refractivity contribution in [2.75, 3.05) is 18.5 Å². The van der Waals surface area contributed by atoms with Crippen molar-refractivity contribution in [1.82, 2.24) is 4.98 Å². The molecule has 2 rings (SSSR count). The third kappa shape index (κ3) is 3.64. The quantitative estimate of drug-likeness (QED) is 0.793. The number of hydrogen-bond acceptors (Lipinski definition) is 3. The molecule has 0 aliphatic rings. The molecule has 1 aromatic heterocycles. The molecule has 0 bridgehead atoms. The van der Waals surface area contributed by atoms with Gasteiger partial charge < -0.3 is 4.90 Å². The Balaban J connectivity index is 2.02. The second-order valence-electron chi connectivity index (χ2n) is 4.35. The zero-order valence-corrected chi connectivity index (χ0v) is 12.3. The number of carbonyl (C=O) groups is 1. The Morgan fingerprint density at radius 3 is 2.63 bits per heavy atom. The van der Waals surface area contributed by atoms with Gasteiger partial charge in [-0.25, -0.2) is 0 Å². The molecule has 1 heterocycles. The average Bonchev–Trinajstić information content (AvgIpc) is 2.45. The van der Waals surface area contributed by atoms with Crippen LogP contribution in [0.4, 0.5) is 5.69 Å². The van der Waals surface area contributed by atoms with Crippen LogP contribution in [0.15, 0.2) is 47.2 Å². The summed E-state index contributed by atoms with van der Waals surface area (Å²) in [6, 6.07) is 9.81. The number of rotatable bonds is 5. The van der Waals surface area contributed by atoms with Crippen molar-refractivity contribution in [1.29, 1.82) is 0 Å². The second-order valence-corrected chi connectivity index (χ2v) is 5.21. The largest absolute Gasteiger partial charge is 0.374 e. The maximum atomic E-state index is 10.8. The topological polar surface area (TPSA) is 33.2 Å². The lowest BCUT2D eigenvalue weighted by atomic mass is 10.1. The molecular formula is C15H15BrN2O. The first-order chi connectivity index (χ1) is 9.20. The summed E-state index contributed by atoms with van der Waals surface area (Å²) in [5.74, 6) is 0. The molecule has 0 saturated heterocycles. The molecule has 2 aromatic rings. The monoisotopic (exact) mass is 318 g/mol. The number of halogens is 1. The second kappa shape index (κ2) is 6.48. The molecule has 0 amide bonds. The van der Waals surface area contributed by atoms with Gasteiger partial charge in [0.15, 0.2) is 6.29 Å². The highest BCUT2D eigenvalue weighted by atomic mass is 79.9. The summed E-state index contributed by atoms with van der Waals surface area (Å²) in [5, 5.41) is 0. The van der Waals surface area contributed by atoms with Crippen LogP contribution in [-0.2, 0) is 6.42 Å². The highest BCUT2D eigenvalue weighted by molar-refractivity contribution is 9.10. The summed E-state index contributed by atoms with van der Waals surface area (Å²) < 4.78 is 0.829. The van der Waals surface area contributed by atoms with Gasteiger partial charge in [-0.15, -0.1) is 0 Å². The van der Waals surface area contributed by atoms with Crippen LogP contribution in [-0.4, -0.2) is 24.9 Å². The van der Waals surface area contributed by atoms with Gasteiger partial charge in [-0.2, -0.15) is 0 Å². The average molecular weight is 319 g/mol. The lowest BCUT2D eigenvalue weighted by Crippen LogP contribution is -2.20. The summed E-state index contributed by atoms with van der Waals surface area (Å²) in [7, 11) is 2.05. The predicted molar refractivity (Wildman–Crippen MR) is 80.7 cm³/mol. The van der Waals surface area contributed by atoms with E-state index in [1.165, 1.54) is 5.56 Å². The van der Waals surface area contributed by atoms with E-state index in [1.807, 2.05) is 49.8 Å². The molecule has 0 atom stereocenters. The molecule has 0 radical (unpaired) electrons. The molecule has 3 nitrogen and oxygen atoms in total. The SMILES string of the molecule is CN(CCc1ccncc1)c1ccc(C=O)c(Br)c1. The molecule has 0 fully saturated rings. The van der Waals surface area contributed by atoms with Crippen LogP contribution in [0.25, 0.3) is 0 Å². The molecule has 0 unspecified atom stereocenters. The van der Waals surface area contributed by atoms with Crippen molar-refractivity contribution in [3.63, 3.8) is 0 Å². The number of carbonyl (C=O) groups excluding carboxylic acids is 1. The molecule has 0 spiro atoms. The molecule has 0 saturated carbocycles. The van der Waals surface area contributed by atoms with E-state index in [0.29, 0.717) is 5.56 Å². The summed E-state index contributed by atoms with van der Waals surface area (Å²) in [6.45, 7) is 0.914. The lowest BCUT2D eigenvalue weighted by molar-refractivity contribution is 0.112. The fourth-order valence-electron chi connectivity index (χ4n) is 1.82. The van der Waals surface area contributed by atoms with Crippen LogP contribution < -0.4 is 4.90 Å². The molecule has 0 aliphatic heterocycles. The number of nitrogens with zero attached hydrogens (tertiary/aromatic N) is 2. The van der Waals surface area contributed by atoms with E-state index in [9.17, 15) is 4.79 Å². The number of hydrogen-bond donors (Lipinski definition) is 0. The lowest BCUT2D eigenvalue weighted by Gasteiger charge is -2.19. The fourth-order valence-corrected chi connectivity index (χ4v) is 2.28. The van der Waals surface area contributed by atoms with Gasteiger partial charge in [0.2, 0.25) is 0 Å². The number of anilines is 1. The van der Waals surface area contributed by atoms with Crippen LogP contribution >= 0.6 is 15.9 Å². The Kier molecular flexibility index (Phi) is 4.68. The van der Waals surface area contributed by atoms with Crippen LogP contribution in [0.2, 0.25) is 0 Å². The maximum absolute atomic E-state index is 10.8. The molecular weight excluding hydrogens is 304 g/mol. The molecule has 1 aromatic carbocycles. The van der Waals surface area contributed by atoms with Gasteiger partial charge in [0.1, 0.15) is 0 Å². The van der Waals surface area contributed by atoms with Gasteiger partial charge in [0.25, 0.3) is 0 Å². The third-order valence-corrected chi connectivity index (χ3v) is 3.72. The molecule has 19 heavy (non-hydrogen) atoms. The fraction of sp³-hybridized carbons (Fsp3) is 0.200. The summed E-state index contributed by atoms with van der Waals surface area (Å²) in [6.07, 6.45) is 5.44. The van der Waals surface area contributed by atoms with Gasteiger partial charge >= 0.3 is 0 Å². The van der Waals surface area contributed by atoms with E-state index in [1.54, 1.807) is 0 Å². The highest BCUT2D eigenvalue weighted by Gasteiger charge is 2.05. The Hall–Kier alpha value is -1.68. The van der Waals surface area contributed by atoms with Crippen molar-refractivity contribution in [2.45, 2.75) is 6.42 Å². The van der Waals surface area contributed by atoms with Crippen molar-refractivity contribution in [3.05, 3.63) is 58.3 Å². The van der Waals surface area contributed by atoms with Crippen LogP contribution in [0.1, 0.15) is 15.9 Å². The van der Waals surface area contributed by atoms with E-state index in [0.717, 1.165) is 29.4 Å². The molecule has 0 N–H and O–H groups in total. The van der Waals surface area contributed by atoms with E-state index in [-0.39, 0.29) is 0 Å². The van der Waals surface area contributed by atoms with Gasteiger partial charge in [-0.1, -0.05) is 0 Å². The zero-order valence-electron chi connectivity index (χ0n) is 10.7. The van der Waals surface area contributed by atoms with E-state index in [4.69, 9.17) is 0 Å². The number of pyridine rings is 1. The predicted octanol–water partition coefficient (Wildman–Crippen LogP) is 3.34.